The predicted octanol–water partition coefficient (Wildman–Crippen LogP) is 2.56. The van der Waals surface area contributed by atoms with Crippen molar-refractivity contribution in [2.45, 2.75) is 64.0 Å². The van der Waals surface area contributed by atoms with E-state index in [-0.39, 0.29) is 5.54 Å². The maximum absolute atomic E-state index is 6.28. The monoisotopic (exact) mass is 281 g/mol. The molecule has 118 valence electrons. The summed E-state index contributed by atoms with van der Waals surface area (Å²) in [5.41, 5.74) is 7.30. The predicted molar refractivity (Wildman–Crippen MR) is 86.9 cm³/mol. The molecule has 0 spiro atoms. The Morgan fingerprint density at radius 1 is 1.15 bits per heavy atom. The van der Waals surface area contributed by atoms with E-state index in [0.717, 1.165) is 13.1 Å². The lowest BCUT2D eigenvalue weighted by atomic mass is 9.74. The highest BCUT2D eigenvalue weighted by atomic mass is 15.3. The molecule has 2 fully saturated rings. The van der Waals surface area contributed by atoms with Crippen LogP contribution >= 0.6 is 0 Å². The molecule has 0 saturated heterocycles. The first-order valence-corrected chi connectivity index (χ1v) is 8.26. The lowest BCUT2D eigenvalue weighted by Crippen LogP contribution is -2.63. The number of nitrogens with zero attached hydrogens (tertiary/aromatic N) is 2. The topological polar surface area (TPSA) is 32.5 Å². The van der Waals surface area contributed by atoms with Crippen LogP contribution < -0.4 is 5.73 Å². The molecule has 2 saturated carbocycles. The largest absolute Gasteiger partial charge is 0.329 e. The summed E-state index contributed by atoms with van der Waals surface area (Å²) >= 11 is 0. The molecule has 2 atom stereocenters. The molecule has 2 N–H and O–H groups in total. The normalized spacial score (nSPS) is 35.5. The minimum absolute atomic E-state index is 0.197. The summed E-state index contributed by atoms with van der Waals surface area (Å²) < 4.78 is 0. The minimum atomic E-state index is 0.197. The molecule has 0 aromatic carbocycles. The highest BCUT2D eigenvalue weighted by molar-refractivity contribution is 5.08. The van der Waals surface area contributed by atoms with Crippen LogP contribution in [0.1, 0.15) is 52.9 Å². The van der Waals surface area contributed by atoms with Crippen LogP contribution in [-0.2, 0) is 0 Å². The third-order valence-corrected chi connectivity index (χ3v) is 6.44. The zero-order chi connectivity index (χ0) is 15.2. The fraction of sp³-hybridized carbons (Fsp3) is 1.00. The van der Waals surface area contributed by atoms with Crippen molar-refractivity contribution in [2.24, 2.45) is 17.1 Å². The van der Waals surface area contributed by atoms with E-state index in [1.54, 1.807) is 0 Å². The molecule has 0 aromatic heterocycles. The van der Waals surface area contributed by atoms with Crippen molar-refractivity contribution in [3.05, 3.63) is 0 Å². The lowest BCUT2D eigenvalue weighted by Gasteiger charge is -2.53. The van der Waals surface area contributed by atoms with Gasteiger partial charge in [-0.15, -0.1) is 0 Å². The van der Waals surface area contributed by atoms with Gasteiger partial charge in [-0.05, 0) is 64.6 Å². The molecule has 3 nitrogen and oxygen atoms in total. The Morgan fingerprint density at radius 2 is 1.75 bits per heavy atom. The van der Waals surface area contributed by atoms with Crippen molar-refractivity contribution in [3.8, 4) is 0 Å². The molecule has 3 heteroatoms. The van der Waals surface area contributed by atoms with Crippen LogP contribution in [0, 0.1) is 11.3 Å². The number of hydrogen-bond donors (Lipinski definition) is 1. The second-order valence-electron chi connectivity index (χ2n) is 8.58. The molecule has 2 aliphatic carbocycles. The number of likely N-dealkylation sites (N-methyl/N-ethyl adjacent to an activating group) is 2. The Bertz CT molecular complexity index is 346. The first-order chi connectivity index (χ1) is 9.17. The summed E-state index contributed by atoms with van der Waals surface area (Å²) in [7, 11) is 6.79. The summed E-state index contributed by atoms with van der Waals surface area (Å²) in [6, 6.07) is 0. The standard InChI is InChI=1S/C17H35N3/c1-14-10-15(2,3)11-17(14,12-18)20(6)13-16(19(4)5)8-7-9-16/h14H,7-13,18H2,1-6H3. The van der Waals surface area contributed by atoms with Crippen molar-refractivity contribution in [2.75, 3.05) is 34.2 Å². The molecular formula is C17H35N3. The van der Waals surface area contributed by atoms with Crippen LogP contribution in [0.25, 0.3) is 0 Å². The van der Waals surface area contributed by atoms with Gasteiger partial charge >= 0.3 is 0 Å². The van der Waals surface area contributed by atoms with E-state index in [1.165, 1.54) is 32.1 Å². The summed E-state index contributed by atoms with van der Waals surface area (Å²) in [6.07, 6.45) is 6.58. The zero-order valence-corrected chi connectivity index (χ0v) is 14.5. The van der Waals surface area contributed by atoms with Gasteiger partial charge in [0, 0.05) is 24.2 Å². The van der Waals surface area contributed by atoms with Crippen LogP contribution in [0.3, 0.4) is 0 Å². The van der Waals surface area contributed by atoms with E-state index < -0.39 is 0 Å². The van der Waals surface area contributed by atoms with Crippen molar-refractivity contribution in [3.63, 3.8) is 0 Å². The highest BCUT2D eigenvalue weighted by Gasteiger charge is 2.52. The average Bonchev–Trinajstić information content (AvgIpc) is 2.53. The summed E-state index contributed by atoms with van der Waals surface area (Å²) in [6.45, 7) is 9.16. The SMILES string of the molecule is CC1CC(C)(C)CC1(CN)N(C)CC1(N(C)C)CCC1. The van der Waals surface area contributed by atoms with Crippen LogP contribution in [-0.4, -0.2) is 55.1 Å². The van der Waals surface area contributed by atoms with Crippen LogP contribution in [0.2, 0.25) is 0 Å². The molecule has 0 heterocycles. The maximum atomic E-state index is 6.28. The third-order valence-electron chi connectivity index (χ3n) is 6.44. The van der Waals surface area contributed by atoms with E-state index >= 15 is 0 Å². The van der Waals surface area contributed by atoms with Gasteiger partial charge in [0.1, 0.15) is 0 Å². The number of hydrogen-bond acceptors (Lipinski definition) is 3. The quantitative estimate of drug-likeness (QED) is 0.840. The highest BCUT2D eigenvalue weighted by Crippen LogP contribution is 2.50. The van der Waals surface area contributed by atoms with E-state index in [9.17, 15) is 0 Å². The Hall–Kier alpha value is -0.120. The van der Waals surface area contributed by atoms with Crippen molar-refractivity contribution in [1.82, 2.24) is 9.80 Å². The van der Waals surface area contributed by atoms with Gasteiger partial charge in [0.15, 0.2) is 0 Å². The van der Waals surface area contributed by atoms with Crippen molar-refractivity contribution >= 4 is 0 Å². The van der Waals surface area contributed by atoms with Gasteiger partial charge in [-0.3, -0.25) is 4.90 Å². The molecule has 2 rings (SSSR count). The van der Waals surface area contributed by atoms with Crippen LogP contribution in [0.5, 0.6) is 0 Å². The van der Waals surface area contributed by atoms with E-state index in [0.29, 0.717) is 16.9 Å². The molecule has 0 aromatic rings. The van der Waals surface area contributed by atoms with Crippen molar-refractivity contribution < 1.29 is 0 Å². The van der Waals surface area contributed by atoms with Gasteiger partial charge in [0.2, 0.25) is 0 Å². The van der Waals surface area contributed by atoms with E-state index in [4.69, 9.17) is 5.73 Å². The molecule has 0 aliphatic heterocycles. The number of nitrogens with two attached hydrogens (primary N) is 1. The third kappa shape index (κ3) is 2.53. The molecular weight excluding hydrogens is 246 g/mol. The molecule has 0 radical (unpaired) electrons. The molecule has 20 heavy (non-hydrogen) atoms. The summed E-state index contributed by atoms with van der Waals surface area (Å²) in [4.78, 5) is 5.06. The second kappa shape index (κ2) is 5.26. The zero-order valence-electron chi connectivity index (χ0n) is 14.5. The van der Waals surface area contributed by atoms with Gasteiger partial charge < -0.3 is 10.6 Å². The first kappa shape index (κ1) is 16.3. The van der Waals surface area contributed by atoms with E-state index in [2.05, 4.69) is 51.7 Å². The molecule has 2 aliphatic rings. The van der Waals surface area contributed by atoms with E-state index in [1.807, 2.05) is 0 Å². The van der Waals surface area contributed by atoms with Gasteiger partial charge in [0.25, 0.3) is 0 Å². The smallest absolute Gasteiger partial charge is 0.0360 e. The Balaban J connectivity index is 2.16. The number of rotatable bonds is 5. The van der Waals surface area contributed by atoms with Crippen molar-refractivity contribution in [1.29, 1.82) is 0 Å². The van der Waals surface area contributed by atoms with Crippen LogP contribution in [0.15, 0.2) is 0 Å². The Morgan fingerprint density at radius 3 is 2.05 bits per heavy atom. The Labute approximate surface area is 125 Å². The lowest BCUT2D eigenvalue weighted by molar-refractivity contribution is -0.0189. The van der Waals surface area contributed by atoms with Gasteiger partial charge in [-0.25, -0.2) is 0 Å². The summed E-state index contributed by atoms with van der Waals surface area (Å²) in [5, 5.41) is 0. The fourth-order valence-electron chi connectivity index (χ4n) is 4.96. The van der Waals surface area contributed by atoms with Gasteiger partial charge in [-0.2, -0.15) is 0 Å². The first-order valence-electron chi connectivity index (χ1n) is 8.26. The molecule has 2 unspecified atom stereocenters. The average molecular weight is 281 g/mol. The van der Waals surface area contributed by atoms with Gasteiger partial charge in [0.05, 0.1) is 0 Å². The fourth-order valence-corrected chi connectivity index (χ4v) is 4.96. The second-order valence-corrected chi connectivity index (χ2v) is 8.58. The summed E-state index contributed by atoms with van der Waals surface area (Å²) in [5.74, 6) is 0.687. The Kier molecular flexibility index (Phi) is 4.27. The van der Waals surface area contributed by atoms with Gasteiger partial charge in [-0.1, -0.05) is 20.8 Å². The minimum Gasteiger partial charge on any atom is -0.329 e. The molecule has 0 bridgehead atoms. The van der Waals surface area contributed by atoms with Crippen LogP contribution in [0.4, 0.5) is 0 Å². The maximum Gasteiger partial charge on any atom is 0.0360 e. The molecule has 0 amide bonds.